The van der Waals surface area contributed by atoms with Crippen molar-refractivity contribution in [3.05, 3.63) is 85.0 Å². The summed E-state index contributed by atoms with van der Waals surface area (Å²) in [4.78, 5) is 16.5. The fraction of sp³-hybridized carbons (Fsp3) is 0.367. The third-order valence-corrected chi connectivity index (χ3v) is 14.2. The van der Waals surface area contributed by atoms with Crippen molar-refractivity contribution >= 4 is 70.0 Å². The van der Waals surface area contributed by atoms with Crippen LogP contribution >= 0.6 is 45.2 Å². The number of carbonyl (C=O) groups excluding carboxylic acids is 1. The highest BCUT2D eigenvalue weighted by molar-refractivity contribution is 14.1. The first-order valence-electron chi connectivity index (χ1n) is 12.9. The summed E-state index contributed by atoms with van der Waals surface area (Å²) < 4.78 is 14.6. The minimum absolute atomic E-state index is 0.00511. The Morgan fingerprint density at radius 1 is 1.03 bits per heavy atom. The molecule has 38 heavy (non-hydrogen) atoms. The Hall–Kier alpha value is -1.47. The number of fused-ring (bicyclic) bond motifs is 2. The average Bonchev–Trinajstić information content (AvgIpc) is 3.32. The largest absolute Gasteiger partial charge is 0.497 e. The van der Waals surface area contributed by atoms with E-state index in [0.29, 0.717) is 13.0 Å². The molecule has 1 N–H and O–H groups in total. The quantitative estimate of drug-likeness (QED) is 0.236. The number of aliphatic hydroxyl groups is 1. The predicted octanol–water partition coefficient (Wildman–Crippen LogP) is 6.05. The molecule has 2 aliphatic rings. The highest BCUT2D eigenvalue weighted by atomic mass is 127. The Kier molecular flexibility index (Phi) is 8.00. The molecule has 0 saturated carbocycles. The number of hydrogen-bond acceptors (Lipinski definition) is 4. The molecule has 5 rings (SSSR count). The van der Waals surface area contributed by atoms with E-state index in [4.69, 9.17) is 9.47 Å². The maximum absolute atomic E-state index is 14.6. The molecule has 1 amide bonds. The van der Waals surface area contributed by atoms with Crippen LogP contribution in [-0.2, 0) is 21.7 Å². The van der Waals surface area contributed by atoms with Crippen LogP contribution in [0.4, 0.5) is 5.69 Å². The molecule has 4 atom stereocenters. The number of hydrogen-bond donors (Lipinski definition) is 1. The monoisotopic (exact) mass is 753 g/mol. The second-order valence-electron chi connectivity index (χ2n) is 10.8. The van der Waals surface area contributed by atoms with Crippen molar-refractivity contribution in [2.45, 2.75) is 50.2 Å². The van der Waals surface area contributed by atoms with Crippen molar-refractivity contribution < 1.29 is 19.4 Å². The summed E-state index contributed by atoms with van der Waals surface area (Å²) in [5.41, 5.74) is 2.03. The van der Waals surface area contributed by atoms with E-state index in [1.807, 2.05) is 17.0 Å². The lowest BCUT2D eigenvalue weighted by atomic mass is 9.82. The second-order valence-corrected chi connectivity index (χ2v) is 18.0. The first-order valence-corrected chi connectivity index (χ1v) is 18.2. The molecule has 0 aliphatic carbocycles. The molecule has 0 unspecified atom stereocenters. The fourth-order valence-electron chi connectivity index (χ4n) is 6.61. The third-order valence-electron chi connectivity index (χ3n) is 8.47. The zero-order valence-electron chi connectivity index (χ0n) is 22.1. The number of aliphatic hydroxyl groups excluding tert-OH is 1. The van der Waals surface area contributed by atoms with Crippen LogP contribution in [0.3, 0.4) is 0 Å². The summed E-state index contributed by atoms with van der Waals surface area (Å²) in [5, 5.41) is 11.4. The Labute approximate surface area is 253 Å². The van der Waals surface area contributed by atoms with Gasteiger partial charge in [0.05, 0.1) is 33.5 Å². The van der Waals surface area contributed by atoms with Crippen LogP contribution in [0, 0.1) is 13.1 Å². The number of carbonyl (C=O) groups is 1. The molecule has 0 radical (unpaired) electrons. The number of rotatable bonds is 7. The van der Waals surface area contributed by atoms with Crippen molar-refractivity contribution in [1.82, 2.24) is 0 Å². The molecule has 3 aromatic carbocycles. The number of anilines is 1. The molecule has 2 heterocycles. The number of nitrogens with zero attached hydrogens (tertiary/aromatic N) is 1. The van der Waals surface area contributed by atoms with E-state index >= 15 is 0 Å². The van der Waals surface area contributed by atoms with E-state index < -0.39 is 13.7 Å². The molecule has 200 valence electrons. The van der Waals surface area contributed by atoms with Gasteiger partial charge in [0.25, 0.3) is 5.91 Å². The van der Waals surface area contributed by atoms with E-state index in [1.54, 1.807) is 7.11 Å². The van der Waals surface area contributed by atoms with Crippen molar-refractivity contribution in [1.29, 1.82) is 0 Å². The summed E-state index contributed by atoms with van der Waals surface area (Å²) in [6, 6.07) is 22.9. The van der Waals surface area contributed by atoms with Crippen LogP contribution < -0.4 is 14.8 Å². The number of halogens is 2. The molecular weight excluding hydrogens is 720 g/mol. The molecule has 1 spiro atoms. The zero-order valence-corrected chi connectivity index (χ0v) is 27.4. The lowest BCUT2D eigenvalue weighted by molar-refractivity contribution is -0.146. The van der Waals surface area contributed by atoms with Crippen LogP contribution in [-0.4, -0.2) is 38.9 Å². The Morgan fingerprint density at radius 3 is 2.32 bits per heavy atom. The number of benzene rings is 3. The van der Waals surface area contributed by atoms with Gasteiger partial charge in [-0.2, -0.15) is 0 Å². The molecule has 2 aliphatic heterocycles. The normalized spacial score (nSPS) is 24.8. The van der Waals surface area contributed by atoms with E-state index in [0.717, 1.165) is 26.1 Å². The molecule has 5 nitrogen and oxygen atoms in total. The first-order chi connectivity index (χ1) is 18.1. The van der Waals surface area contributed by atoms with Crippen LogP contribution in [0.5, 0.6) is 5.75 Å². The van der Waals surface area contributed by atoms with Crippen LogP contribution in [0.2, 0.25) is 18.6 Å². The van der Waals surface area contributed by atoms with Crippen LogP contribution in [0.15, 0.2) is 66.7 Å². The summed E-state index contributed by atoms with van der Waals surface area (Å²) in [5.74, 6) is 0.776. The van der Waals surface area contributed by atoms with E-state index in [1.165, 1.54) is 8.76 Å². The van der Waals surface area contributed by atoms with Gasteiger partial charge >= 0.3 is 0 Å². The van der Waals surface area contributed by atoms with Crippen molar-refractivity contribution in [2.75, 3.05) is 18.6 Å². The standard InChI is InChI=1S/C30H33I2NO4Si/c1-19-28(38(3,4)24-12-10-23(36-2)11-13-24)27(15-16-34)37-30(19)25-17-22(32)9-14-26(25)33(29(30)35)18-20-5-7-21(31)8-6-20/h5-14,17,19,27-28,34H,15-16,18H2,1-4H3/t19-,27+,28-,30+/m0/s1. The smallest absolute Gasteiger partial charge is 0.264 e. The Balaban J connectivity index is 1.60. The number of methoxy groups -OCH3 is 1. The molecule has 3 aromatic rings. The summed E-state index contributed by atoms with van der Waals surface area (Å²) in [6.07, 6.45) is 0.291. The average molecular weight is 753 g/mol. The lowest BCUT2D eigenvalue weighted by Gasteiger charge is -2.37. The van der Waals surface area contributed by atoms with Crippen LogP contribution in [0.1, 0.15) is 24.5 Å². The Bertz CT molecular complexity index is 1330. The van der Waals surface area contributed by atoms with Crippen molar-refractivity contribution in [2.24, 2.45) is 5.92 Å². The van der Waals surface area contributed by atoms with E-state index in [9.17, 15) is 9.90 Å². The number of ether oxygens (including phenoxy) is 2. The maximum atomic E-state index is 14.6. The van der Waals surface area contributed by atoms with Crippen molar-refractivity contribution in [3.8, 4) is 5.75 Å². The minimum atomic E-state index is -2.17. The third kappa shape index (κ3) is 4.63. The maximum Gasteiger partial charge on any atom is 0.264 e. The van der Waals surface area contributed by atoms with E-state index in [-0.39, 0.29) is 30.1 Å². The van der Waals surface area contributed by atoms with Gasteiger partial charge in [0, 0.05) is 25.2 Å². The zero-order chi connectivity index (χ0) is 27.2. The fourth-order valence-corrected chi connectivity index (χ4v) is 11.5. The molecule has 0 aromatic heterocycles. The van der Waals surface area contributed by atoms with E-state index in [2.05, 4.69) is 120 Å². The van der Waals surface area contributed by atoms with Gasteiger partial charge in [0.15, 0.2) is 5.60 Å². The highest BCUT2D eigenvalue weighted by Crippen LogP contribution is 2.60. The Morgan fingerprint density at radius 2 is 1.68 bits per heavy atom. The molecule has 8 heteroatoms. The molecule has 0 bridgehead atoms. The van der Waals surface area contributed by atoms with Gasteiger partial charge in [0.1, 0.15) is 5.75 Å². The second kappa shape index (κ2) is 10.8. The number of amides is 1. The summed E-state index contributed by atoms with van der Waals surface area (Å²) >= 11 is 4.62. The SMILES string of the molecule is COc1ccc([Si](C)(C)[C@@H]2[C@@H](CCO)O[C@]3(C(=O)N(Cc4ccc(I)cc4)c4ccc(I)cc43)[C@H]2C)cc1. The topological polar surface area (TPSA) is 59.0 Å². The first kappa shape index (κ1) is 28.1. The van der Waals surface area contributed by atoms with Gasteiger partial charge in [-0.3, -0.25) is 4.79 Å². The van der Waals surface area contributed by atoms with Gasteiger partial charge in [-0.1, -0.05) is 49.5 Å². The minimum Gasteiger partial charge on any atom is -0.497 e. The molecule has 1 saturated heterocycles. The van der Waals surface area contributed by atoms with Gasteiger partial charge in [-0.25, -0.2) is 0 Å². The molecule has 1 fully saturated rings. The summed E-state index contributed by atoms with van der Waals surface area (Å²) in [7, 11) is -0.492. The van der Waals surface area contributed by atoms with Gasteiger partial charge < -0.3 is 19.5 Å². The van der Waals surface area contributed by atoms with Crippen LogP contribution in [0.25, 0.3) is 0 Å². The highest BCUT2D eigenvalue weighted by Gasteiger charge is 2.66. The molecular formula is C30H33I2NO4Si. The van der Waals surface area contributed by atoms with Crippen molar-refractivity contribution in [3.63, 3.8) is 0 Å². The predicted molar refractivity (Wildman–Crippen MR) is 171 cm³/mol. The van der Waals surface area contributed by atoms with Gasteiger partial charge in [-0.05, 0) is 105 Å². The summed E-state index contributed by atoms with van der Waals surface area (Å²) in [6.45, 7) is 7.44. The van der Waals surface area contributed by atoms with Gasteiger partial charge in [-0.15, -0.1) is 0 Å². The lowest BCUT2D eigenvalue weighted by Crippen LogP contribution is -2.51. The van der Waals surface area contributed by atoms with Gasteiger partial charge in [0.2, 0.25) is 0 Å².